The average molecular weight is 258 g/mol. The zero-order chi connectivity index (χ0) is 13.3. The molecule has 0 N–H and O–H groups in total. The summed E-state index contributed by atoms with van der Waals surface area (Å²) in [6, 6.07) is 0.597. The fourth-order valence-corrected chi connectivity index (χ4v) is 1.08. The van der Waals surface area contributed by atoms with Gasteiger partial charge >= 0.3 is 12.4 Å². The molecule has 8 heteroatoms. The molecule has 0 aliphatic heterocycles. The van der Waals surface area contributed by atoms with Crippen LogP contribution in [0.3, 0.4) is 0 Å². The van der Waals surface area contributed by atoms with E-state index >= 15 is 0 Å². The molecule has 0 atom stereocenters. The topological polar surface area (TPSA) is 26.3 Å². The number of ether oxygens (including phenoxy) is 1. The molecule has 1 aromatic rings. The van der Waals surface area contributed by atoms with E-state index in [1.54, 1.807) is 0 Å². The Morgan fingerprint density at radius 1 is 1.00 bits per heavy atom. The minimum absolute atomic E-state index is 0.122. The highest BCUT2D eigenvalue weighted by Gasteiger charge is 2.37. The van der Waals surface area contributed by atoms with Gasteiger partial charge in [-0.15, -0.1) is 0 Å². The van der Waals surface area contributed by atoms with E-state index in [4.69, 9.17) is 0 Å². The van der Waals surface area contributed by atoms with Gasteiger partial charge in [-0.3, -0.25) is 4.79 Å². The van der Waals surface area contributed by atoms with Gasteiger partial charge in [0.15, 0.2) is 0 Å². The quantitative estimate of drug-likeness (QED) is 0.601. The molecular formula is C9H4F6O2. The van der Waals surface area contributed by atoms with Crippen LogP contribution in [0.4, 0.5) is 26.3 Å². The average Bonchev–Trinajstić information content (AvgIpc) is 2.15. The Bertz CT molecular complexity index is 420. The van der Waals surface area contributed by atoms with Gasteiger partial charge < -0.3 is 4.74 Å². The minimum Gasteiger partial charge on any atom is -0.428 e. The van der Waals surface area contributed by atoms with Crippen LogP contribution in [0.2, 0.25) is 0 Å². The summed E-state index contributed by atoms with van der Waals surface area (Å²) in [6.45, 7) is -0.370. The smallest absolute Gasteiger partial charge is 0.419 e. The van der Waals surface area contributed by atoms with Gasteiger partial charge in [0.1, 0.15) is 5.75 Å². The SMILES string of the molecule is O=COc1cc(C(F)(F)F)ccc1C(F)(F)F. The van der Waals surface area contributed by atoms with Gasteiger partial charge in [0, 0.05) is 0 Å². The molecule has 0 aliphatic carbocycles. The second-order valence-corrected chi connectivity index (χ2v) is 2.92. The summed E-state index contributed by atoms with van der Waals surface area (Å²) < 4.78 is 77.5. The largest absolute Gasteiger partial charge is 0.428 e. The van der Waals surface area contributed by atoms with Crippen molar-refractivity contribution in [1.82, 2.24) is 0 Å². The molecular weight excluding hydrogens is 254 g/mol. The molecule has 2 nitrogen and oxygen atoms in total. The zero-order valence-electron chi connectivity index (χ0n) is 7.89. The van der Waals surface area contributed by atoms with Crippen LogP contribution in [-0.4, -0.2) is 6.47 Å². The van der Waals surface area contributed by atoms with Crippen molar-refractivity contribution in [3.8, 4) is 5.75 Å². The molecule has 94 valence electrons. The fraction of sp³-hybridized carbons (Fsp3) is 0.222. The predicted molar refractivity (Wildman–Crippen MR) is 43.1 cm³/mol. The van der Waals surface area contributed by atoms with E-state index in [0.717, 1.165) is 0 Å². The predicted octanol–water partition coefficient (Wildman–Crippen LogP) is 3.26. The number of halogens is 6. The Morgan fingerprint density at radius 2 is 1.59 bits per heavy atom. The highest BCUT2D eigenvalue weighted by atomic mass is 19.4. The van der Waals surface area contributed by atoms with Crippen molar-refractivity contribution in [1.29, 1.82) is 0 Å². The third kappa shape index (κ3) is 3.11. The van der Waals surface area contributed by atoms with E-state index in [2.05, 4.69) is 4.74 Å². The zero-order valence-corrected chi connectivity index (χ0v) is 7.89. The van der Waals surface area contributed by atoms with E-state index in [9.17, 15) is 31.1 Å². The summed E-state index contributed by atoms with van der Waals surface area (Å²) in [6.07, 6.45) is -9.71. The number of hydrogen-bond donors (Lipinski definition) is 0. The van der Waals surface area contributed by atoms with Crippen molar-refractivity contribution in [3.05, 3.63) is 29.3 Å². The molecule has 1 rings (SSSR count). The summed E-state index contributed by atoms with van der Waals surface area (Å²) >= 11 is 0. The first-order valence-electron chi connectivity index (χ1n) is 4.05. The maximum absolute atomic E-state index is 12.3. The van der Waals surface area contributed by atoms with E-state index in [1.165, 1.54) is 0 Å². The normalized spacial score (nSPS) is 12.4. The molecule has 0 bridgehead atoms. The lowest BCUT2D eigenvalue weighted by molar-refractivity contribution is -0.143. The van der Waals surface area contributed by atoms with Crippen LogP contribution in [0.1, 0.15) is 11.1 Å². The van der Waals surface area contributed by atoms with Crippen molar-refractivity contribution in [2.45, 2.75) is 12.4 Å². The highest BCUT2D eigenvalue weighted by Crippen LogP contribution is 2.39. The third-order valence-electron chi connectivity index (χ3n) is 1.79. The molecule has 0 spiro atoms. The maximum Gasteiger partial charge on any atom is 0.419 e. The van der Waals surface area contributed by atoms with Gasteiger partial charge in [-0.25, -0.2) is 0 Å². The standard InChI is InChI=1S/C9H4F6O2/c10-8(11,12)5-1-2-6(9(13,14)15)7(3-5)17-4-16/h1-4H. The molecule has 0 fully saturated rings. The molecule has 0 saturated heterocycles. The molecule has 0 saturated carbocycles. The number of carbonyl (C=O) groups excluding carboxylic acids is 1. The molecule has 0 unspecified atom stereocenters. The van der Waals surface area contributed by atoms with Gasteiger partial charge in [0.25, 0.3) is 6.47 Å². The molecule has 0 aliphatic rings. The first-order valence-corrected chi connectivity index (χ1v) is 4.05. The van der Waals surface area contributed by atoms with Crippen molar-refractivity contribution in [2.24, 2.45) is 0 Å². The number of rotatable bonds is 2. The van der Waals surface area contributed by atoms with Crippen molar-refractivity contribution < 1.29 is 35.9 Å². The van der Waals surface area contributed by atoms with Crippen LogP contribution in [0, 0.1) is 0 Å². The van der Waals surface area contributed by atoms with E-state index in [-0.39, 0.29) is 24.7 Å². The van der Waals surface area contributed by atoms with Crippen LogP contribution >= 0.6 is 0 Å². The van der Waals surface area contributed by atoms with E-state index in [0.29, 0.717) is 0 Å². The monoisotopic (exact) mass is 258 g/mol. The summed E-state index contributed by atoms with van der Waals surface area (Å²) in [7, 11) is 0. The van der Waals surface area contributed by atoms with Gasteiger partial charge in [-0.2, -0.15) is 26.3 Å². The van der Waals surface area contributed by atoms with E-state index in [1.807, 2.05) is 0 Å². The van der Waals surface area contributed by atoms with Crippen LogP contribution in [-0.2, 0) is 17.1 Å². The van der Waals surface area contributed by atoms with Crippen LogP contribution in [0.5, 0.6) is 5.75 Å². The van der Waals surface area contributed by atoms with E-state index < -0.39 is 29.2 Å². The van der Waals surface area contributed by atoms with Gasteiger partial charge in [0.05, 0.1) is 11.1 Å². The minimum atomic E-state index is -4.90. The number of benzene rings is 1. The number of carbonyl (C=O) groups is 1. The molecule has 0 aromatic heterocycles. The third-order valence-corrected chi connectivity index (χ3v) is 1.79. The Labute approximate surface area is 90.8 Å². The van der Waals surface area contributed by atoms with Crippen LogP contribution in [0.15, 0.2) is 18.2 Å². The Morgan fingerprint density at radius 3 is 2.00 bits per heavy atom. The van der Waals surface area contributed by atoms with Crippen LogP contribution < -0.4 is 4.74 Å². The van der Waals surface area contributed by atoms with Crippen molar-refractivity contribution in [3.63, 3.8) is 0 Å². The lowest BCUT2D eigenvalue weighted by Crippen LogP contribution is -2.11. The lowest BCUT2D eigenvalue weighted by Gasteiger charge is -2.13. The molecule has 0 amide bonds. The Hall–Kier alpha value is -1.73. The Kier molecular flexibility index (Phi) is 3.35. The first-order chi connectivity index (χ1) is 7.66. The summed E-state index contributed by atoms with van der Waals surface area (Å²) in [4.78, 5) is 9.94. The number of alkyl halides is 6. The second kappa shape index (κ2) is 4.27. The molecule has 0 heterocycles. The summed E-state index contributed by atoms with van der Waals surface area (Å²) in [5, 5.41) is 0. The second-order valence-electron chi connectivity index (χ2n) is 2.92. The molecule has 17 heavy (non-hydrogen) atoms. The highest BCUT2D eigenvalue weighted by molar-refractivity contribution is 5.50. The number of hydrogen-bond acceptors (Lipinski definition) is 2. The van der Waals surface area contributed by atoms with Crippen molar-refractivity contribution in [2.75, 3.05) is 0 Å². The van der Waals surface area contributed by atoms with Gasteiger partial charge in [-0.05, 0) is 18.2 Å². The fourth-order valence-electron chi connectivity index (χ4n) is 1.08. The lowest BCUT2D eigenvalue weighted by atomic mass is 10.1. The molecule has 1 aromatic carbocycles. The Balaban J connectivity index is 3.32. The summed E-state index contributed by atoms with van der Waals surface area (Å²) in [5.41, 5.74) is -2.78. The van der Waals surface area contributed by atoms with Crippen molar-refractivity contribution >= 4 is 6.47 Å². The van der Waals surface area contributed by atoms with Gasteiger partial charge in [0.2, 0.25) is 0 Å². The first kappa shape index (κ1) is 13.3. The van der Waals surface area contributed by atoms with Gasteiger partial charge in [-0.1, -0.05) is 0 Å². The summed E-state index contributed by atoms with van der Waals surface area (Å²) in [5.74, 6) is -1.18. The molecule has 0 radical (unpaired) electrons. The van der Waals surface area contributed by atoms with Crippen LogP contribution in [0.25, 0.3) is 0 Å². The maximum atomic E-state index is 12.3.